The molecule has 2 N–H and O–H groups in total. The Labute approximate surface area is 104 Å². The summed E-state index contributed by atoms with van der Waals surface area (Å²) in [5, 5.41) is 0. The van der Waals surface area contributed by atoms with Crippen LogP contribution < -0.4 is 5.73 Å². The highest BCUT2D eigenvalue weighted by atomic mass is 16.5. The van der Waals surface area contributed by atoms with Crippen LogP contribution in [-0.2, 0) is 9.53 Å². The largest absolute Gasteiger partial charge is 0.378 e. The number of hydrogen-bond acceptors (Lipinski definition) is 3. The summed E-state index contributed by atoms with van der Waals surface area (Å²) in [6.45, 7) is 1.57. The maximum absolute atomic E-state index is 12.0. The highest BCUT2D eigenvalue weighted by Gasteiger charge is 2.39. The van der Waals surface area contributed by atoms with Crippen LogP contribution >= 0.6 is 0 Å². The predicted octanol–water partition coefficient (Wildman–Crippen LogP) is 1.53. The van der Waals surface area contributed by atoms with E-state index in [4.69, 9.17) is 10.5 Å². The summed E-state index contributed by atoms with van der Waals surface area (Å²) in [4.78, 5) is 13.8. The first-order valence-electron chi connectivity index (χ1n) is 6.63. The van der Waals surface area contributed by atoms with Crippen LogP contribution in [0.3, 0.4) is 0 Å². The molecule has 4 nitrogen and oxygen atoms in total. The van der Waals surface area contributed by atoms with Gasteiger partial charge < -0.3 is 15.4 Å². The number of carbonyl (C=O) groups excluding carboxylic acids is 1. The van der Waals surface area contributed by atoms with Crippen molar-refractivity contribution in [2.24, 2.45) is 5.73 Å². The molecule has 0 atom stereocenters. The Morgan fingerprint density at radius 1 is 1.35 bits per heavy atom. The van der Waals surface area contributed by atoms with Gasteiger partial charge in [-0.15, -0.1) is 0 Å². The number of carbonyl (C=O) groups is 1. The van der Waals surface area contributed by atoms with Crippen molar-refractivity contribution in [1.29, 1.82) is 0 Å². The van der Waals surface area contributed by atoms with Gasteiger partial charge in [0.05, 0.1) is 12.0 Å². The van der Waals surface area contributed by atoms with E-state index in [0.29, 0.717) is 6.42 Å². The Bertz CT molecular complexity index is 234. The van der Waals surface area contributed by atoms with Gasteiger partial charge in [0.25, 0.3) is 0 Å². The van der Waals surface area contributed by atoms with E-state index in [1.807, 2.05) is 11.9 Å². The second kappa shape index (κ2) is 6.97. The van der Waals surface area contributed by atoms with Gasteiger partial charge in [-0.2, -0.15) is 0 Å². The molecule has 17 heavy (non-hydrogen) atoms. The van der Waals surface area contributed by atoms with Crippen LogP contribution in [-0.4, -0.2) is 43.7 Å². The molecule has 0 aliphatic heterocycles. The molecule has 100 valence electrons. The molecular weight excluding hydrogens is 216 g/mol. The minimum atomic E-state index is -0.150. The number of methoxy groups -OCH3 is 1. The van der Waals surface area contributed by atoms with Crippen LogP contribution in [0.1, 0.15) is 44.9 Å². The van der Waals surface area contributed by atoms with Gasteiger partial charge in [-0.3, -0.25) is 4.79 Å². The van der Waals surface area contributed by atoms with Crippen molar-refractivity contribution in [2.75, 3.05) is 27.2 Å². The summed E-state index contributed by atoms with van der Waals surface area (Å²) in [7, 11) is 3.60. The molecule has 1 aliphatic rings. The molecule has 1 saturated carbocycles. The van der Waals surface area contributed by atoms with Gasteiger partial charge in [0, 0.05) is 20.7 Å². The molecule has 0 heterocycles. The Kier molecular flexibility index (Phi) is 5.92. The van der Waals surface area contributed by atoms with Gasteiger partial charge in [-0.05, 0) is 38.6 Å². The maximum Gasteiger partial charge on any atom is 0.225 e. The van der Waals surface area contributed by atoms with Crippen LogP contribution in [0.4, 0.5) is 0 Å². The lowest BCUT2D eigenvalue weighted by molar-refractivity contribution is -0.142. The van der Waals surface area contributed by atoms with Crippen molar-refractivity contribution in [3.05, 3.63) is 0 Å². The molecule has 1 rings (SSSR count). The molecule has 0 spiro atoms. The first kappa shape index (κ1) is 14.5. The molecule has 0 aromatic carbocycles. The van der Waals surface area contributed by atoms with Crippen LogP contribution in [0.25, 0.3) is 0 Å². The minimum absolute atomic E-state index is 0.150. The summed E-state index contributed by atoms with van der Waals surface area (Å²) in [5.74, 6) is 0.208. The SMILES string of the molecule is COC1(CC(=O)N(C)CCCCCN)CCC1. The Hall–Kier alpha value is -0.610. The summed E-state index contributed by atoms with van der Waals surface area (Å²) in [5.41, 5.74) is 5.28. The lowest BCUT2D eigenvalue weighted by Crippen LogP contribution is -2.44. The van der Waals surface area contributed by atoms with E-state index in [2.05, 4.69) is 0 Å². The van der Waals surface area contributed by atoms with E-state index >= 15 is 0 Å². The minimum Gasteiger partial charge on any atom is -0.378 e. The molecule has 0 radical (unpaired) electrons. The van der Waals surface area contributed by atoms with Crippen LogP contribution in [0.2, 0.25) is 0 Å². The average molecular weight is 242 g/mol. The summed E-state index contributed by atoms with van der Waals surface area (Å²) in [6.07, 6.45) is 6.96. The normalized spacial score (nSPS) is 17.6. The lowest BCUT2D eigenvalue weighted by Gasteiger charge is -2.40. The fourth-order valence-electron chi connectivity index (χ4n) is 2.23. The molecule has 4 heteroatoms. The van der Waals surface area contributed by atoms with Gasteiger partial charge in [-0.1, -0.05) is 6.42 Å². The third-order valence-corrected chi connectivity index (χ3v) is 3.79. The van der Waals surface area contributed by atoms with Crippen molar-refractivity contribution in [1.82, 2.24) is 4.90 Å². The maximum atomic E-state index is 12.0. The van der Waals surface area contributed by atoms with Crippen molar-refractivity contribution in [3.63, 3.8) is 0 Å². The number of amides is 1. The molecule has 0 aromatic rings. The number of nitrogens with two attached hydrogens (primary N) is 1. The van der Waals surface area contributed by atoms with Crippen molar-refractivity contribution in [2.45, 2.75) is 50.5 Å². The monoisotopic (exact) mass is 242 g/mol. The number of ether oxygens (including phenoxy) is 1. The predicted molar refractivity (Wildman–Crippen MR) is 68.8 cm³/mol. The topological polar surface area (TPSA) is 55.6 Å². The standard InChI is InChI=1S/C13H26N2O2/c1-15(10-5-3-4-9-14)12(16)11-13(17-2)7-6-8-13/h3-11,14H2,1-2H3. The Morgan fingerprint density at radius 2 is 2.06 bits per heavy atom. The van der Waals surface area contributed by atoms with Crippen LogP contribution in [0, 0.1) is 0 Å². The van der Waals surface area contributed by atoms with Gasteiger partial charge in [0.2, 0.25) is 5.91 Å². The number of rotatable bonds is 8. The Balaban J connectivity index is 2.22. The van der Waals surface area contributed by atoms with Crippen molar-refractivity contribution in [3.8, 4) is 0 Å². The fourth-order valence-corrected chi connectivity index (χ4v) is 2.23. The molecule has 0 saturated heterocycles. The molecule has 0 unspecified atom stereocenters. The third-order valence-electron chi connectivity index (χ3n) is 3.79. The van der Waals surface area contributed by atoms with Gasteiger partial charge in [0.15, 0.2) is 0 Å². The number of hydrogen-bond donors (Lipinski definition) is 1. The summed E-state index contributed by atoms with van der Waals surface area (Å²) in [6, 6.07) is 0. The van der Waals surface area contributed by atoms with E-state index in [1.54, 1.807) is 7.11 Å². The van der Waals surface area contributed by atoms with Crippen molar-refractivity contribution >= 4 is 5.91 Å². The van der Waals surface area contributed by atoms with E-state index in [0.717, 1.165) is 45.2 Å². The van der Waals surface area contributed by atoms with Crippen LogP contribution in [0.15, 0.2) is 0 Å². The number of unbranched alkanes of at least 4 members (excludes halogenated alkanes) is 2. The zero-order chi connectivity index (χ0) is 12.7. The summed E-state index contributed by atoms with van der Waals surface area (Å²) < 4.78 is 5.47. The molecular formula is C13H26N2O2. The van der Waals surface area contributed by atoms with Crippen molar-refractivity contribution < 1.29 is 9.53 Å². The molecule has 1 amide bonds. The number of nitrogens with zero attached hydrogens (tertiary/aromatic N) is 1. The fraction of sp³-hybridized carbons (Fsp3) is 0.923. The first-order chi connectivity index (χ1) is 8.13. The average Bonchev–Trinajstić information content (AvgIpc) is 2.28. The second-order valence-electron chi connectivity index (χ2n) is 5.08. The molecule has 0 aromatic heterocycles. The van der Waals surface area contributed by atoms with E-state index in [9.17, 15) is 4.79 Å². The molecule has 0 bridgehead atoms. The third kappa shape index (κ3) is 4.28. The zero-order valence-electron chi connectivity index (χ0n) is 11.2. The lowest BCUT2D eigenvalue weighted by atomic mass is 9.77. The van der Waals surface area contributed by atoms with Crippen LogP contribution in [0.5, 0.6) is 0 Å². The van der Waals surface area contributed by atoms with E-state index < -0.39 is 0 Å². The smallest absolute Gasteiger partial charge is 0.225 e. The first-order valence-corrected chi connectivity index (χ1v) is 6.63. The molecule has 1 fully saturated rings. The Morgan fingerprint density at radius 3 is 2.53 bits per heavy atom. The van der Waals surface area contributed by atoms with Gasteiger partial charge >= 0.3 is 0 Å². The molecule has 1 aliphatic carbocycles. The van der Waals surface area contributed by atoms with E-state index in [1.165, 1.54) is 6.42 Å². The second-order valence-corrected chi connectivity index (χ2v) is 5.08. The van der Waals surface area contributed by atoms with Gasteiger partial charge in [-0.25, -0.2) is 0 Å². The van der Waals surface area contributed by atoms with Gasteiger partial charge in [0.1, 0.15) is 0 Å². The highest BCUT2D eigenvalue weighted by molar-refractivity contribution is 5.77. The highest BCUT2D eigenvalue weighted by Crippen LogP contribution is 2.38. The summed E-state index contributed by atoms with van der Waals surface area (Å²) >= 11 is 0. The van der Waals surface area contributed by atoms with E-state index in [-0.39, 0.29) is 11.5 Å². The zero-order valence-corrected chi connectivity index (χ0v) is 11.2. The quantitative estimate of drug-likeness (QED) is 0.657.